The van der Waals surface area contributed by atoms with Crippen molar-refractivity contribution in [3.8, 4) is 11.5 Å². The van der Waals surface area contributed by atoms with Gasteiger partial charge in [-0.2, -0.15) is 0 Å². The van der Waals surface area contributed by atoms with E-state index in [1.54, 1.807) is 0 Å². The summed E-state index contributed by atoms with van der Waals surface area (Å²) in [5.41, 5.74) is 3.59. The largest absolute Gasteiger partial charge is 0.454 e. The van der Waals surface area contributed by atoms with E-state index in [0.717, 1.165) is 41.4 Å². The van der Waals surface area contributed by atoms with Crippen LogP contribution in [0.1, 0.15) is 52.2 Å². The summed E-state index contributed by atoms with van der Waals surface area (Å²) in [5.74, 6) is -0.0534. The number of benzene rings is 2. The average Bonchev–Trinajstić information content (AvgIpc) is 3.28. The first-order valence-corrected chi connectivity index (χ1v) is 11.2. The van der Waals surface area contributed by atoms with Gasteiger partial charge in [0.1, 0.15) is 0 Å². The van der Waals surface area contributed by atoms with Crippen molar-refractivity contribution < 1.29 is 28.6 Å². The number of carbonyl (C=O) groups is 3. The zero-order valence-corrected chi connectivity index (χ0v) is 19.0. The standard InChI is InChI=1S/C26H24N2O6/c1-14-7-8-20-18(9-14)25(16-5-3-4-6-19(16)27-20)26(31)32-12-24(30)28-21-11-23-22(33-13-34-23)10-17(21)15(2)29/h3-6,10-11,14H,7-9,12-13H2,1-2H3,(H,28,30)/t14-/m0/s1. The summed E-state index contributed by atoms with van der Waals surface area (Å²) in [7, 11) is 0. The summed E-state index contributed by atoms with van der Waals surface area (Å²) in [6.07, 6.45) is 2.56. The maximum absolute atomic E-state index is 13.2. The van der Waals surface area contributed by atoms with Gasteiger partial charge in [-0.15, -0.1) is 0 Å². The van der Waals surface area contributed by atoms with Gasteiger partial charge in [0, 0.05) is 22.7 Å². The molecule has 0 spiro atoms. The highest BCUT2D eigenvalue weighted by molar-refractivity contribution is 6.07. The van der Waals surface area contributed by atoms with Crippen molar-refractivity contribution in [2.24, 2.45) is 5.92 Å². The quantitative estimate of drug-likeness (QED) is 0.452. The molecule has 2 aliphatic rings. The van der Waals surface area contributed by atoms with Gasteiger partial charge in [-0.3, -0.25) is 14.6 Å². The minimum absolute atomic E-state index is 0.0461. The molecule has 8 heteroatoms. The number of rotatable bonds is 5. The lowest BCUT2D eigenvalue weighted by Crippen LogP contribution is -2.24. The molecule has 1 N–H and O–H groups in total. The third-order valence-corrected chi connectivity index (χ3v) is 6.21. The Kier molecular flexibility index (Phi) is 5.65. The van der Waals surface area contributed by atoms with Crippen LogP contribution in [0.4, 0.5) is 5.69 Å². The number of nitrogens with one attached hydrogen (secondary N) is 1. The molecule has 1 aromatic heterocycles. The Morgan fingerprint density at radius 2 is 1.91 bits per heavy atom. The van der Waals surface area contributed by atoms with Crippen molar-refractivity contribution in [1.29, 1.82) is 0 Å². The van der Waals surface area contributed by atoms with E-state index in [2.05, 4.69) is 12.2 Å². The highest BCUT2D eigenvalue weighted by Gasteiger charge is 2.27. The number of ether oxygens (including phenoxy) is 3. The molecule has 0 radical (unpaired) electrons. The summed E-state index contributed by atoms with van der Waals surface area (Å²) in [6, 6.07) is 10.5. The van der Waals surface area contributed by atoms with Crippen LogP contribution in [0, 0.1) is 5.92 Å². The first-order valence-electron chi connectivity index (χ1n) is 11.2. The Morgan fingerprint density at radius 3 is 2.71 bits per heavy atom. The monoisotopic (exact) mass is 460 g/mol. The fraction of sp³-hybridized carbons (Fsp3) is 0.308. The molecule has 0 unspecified atom stereocenters. The van der Waals surface area contributed by atoms with Gasteiger partial charge >= 0.3 is 5.97 Å². The van der Waals surface area contributed by atoms with E-state index in [1.807, 2.05) is 24.3 Å². The molecule has 8 nitrogen and oxygen atoms in total. The van der Waals surface area contributed by atoms with Crippen molar-refractivity contribution in [2.45, 2.75) is 33.1 Å². The number of Topliss-reactive ketones (excluding diaryl/α,β-unsaturated/α-hetero) is 1. The smallest absolute Gasteiger partial charge is 0.339 e. The average molecular weight is 460 g/mol. The fourth-order valence-electron chi connectivity index (χ4n) is 4.52. The van der Waals surface area contributed by atoms with Gasteiger partial charge < -0.3 is 19.5 Å². The van der Waals surface area contributed by atoms with E-state index < -0.39 is 18.5 Å². The Bertz CT molecular complexity index is 1330. The lowest BCUT2D eigenvalue weighted by atomic mass is 9.84. The summed E-state index contributed by atoms with van der Waals surface area (Å²) in [5, 5.41) is 3.37. The molecule has 1 amide bonds. The van der Waals surface area contributed by atoms with Crippen LogP contribution in [-0.2, 0) is 22.4 Å². The molecule has 0 saturated heterocycles. The molecule has 1 aliphatic carbocycles. The topological polar surface area (TPSA) is 104 Å². The van der Waals surface area contributed by atoms with Crippen molar-refractivity contribution in [1.82, 2.24) is 4.98 Å². The van der Waals surface area contributed by atoms with Gasteiger partial charge in [-0.1, -0.05) is 25.1 Å². The fourth-order valence-corrected chi connectivity index (χ4v) is 4.52. The first-order chi connectivity index (χ1) is 16.4. The van der Waals surface area contributed by atoms with Crippen molar-refractivity contribution in [2.75, 3.05) is 18.7 Å². The number of aromatic nitrogens is 1. The lowest BCUT2D eigenvalue weighted by molar-refractivity contribution is -0.119. The molecular formula is C26H24N2O6. The summed E-state index contributed by atoms with van der Waals surface area (Å²) in [4.78, 5) is 42.7. The number of ketones is 1. The first kappa shape index (κ1) is 21.9. The molecule has 0 saturated carbocycles. The summed E-state index contributed by atoms with van der Waals surface area (Å²) >= 11 is 0. The number of fused-ring (bicyclic) bond motifs is 3. The predicted octanol–water partition coefficient (Wildman–Crippen LogP) is 4.09. The van der Waals surface area contributed by atoms with E-state index >= 15 is 0 Å². The molecular weight excluding hydrogens is 436 g/mol. The van der Waals surface area contributed by atoms with Crippen LogP contribution in [-0.4, -0.2) is 36.0 Å². The lowest BCUT2D eigenvalue weighted by Gasteiger charge is -2.24. The normalized spacial score (nSPS) is 16.1. The van der Waals surface area contributed by atoms with Crippen LogP contribution in [0.5, 0.6) is 11.5 Å². The Labute approximate surface area is 196 Å². The van der Waals surface area contributed by atoms with Crippen LogP contribution in [0.25, 0.3) is 10.9 Å². The molecule has 0 fully saturated rings. The number of hydrogen-bond donors (Lipinski definition) is 1. The molecule has 3 aromatic rings. The number of pyridine rings is 1. The number of esters is 1. The predicted molar refractivity (Wildman–Crippen MR) is 124 cm³/mol. The Morgan fingerprint density at radius 1 is 1.15 bits per heavy atom. The molecule has 2 aromatic carbocycles. The summed E-state index contributed by atoms with van der Waals surface area (Å²) in [6.45, 7) is 3.10. The molecule has 1 aliphatic heterocycles. The zero-order chi connectivity index (χ0) is 23.8. The van der Waals surface area contributed by atoms with E-state index in [9.17, 15) is 14.4 Å². The number of aryl methyl sites for hydroxylation is 1. The second kappa shape index (κ2) is 8.78. The van der Waals surface area contributed by atoms with Gasteiger partial charge in [0.15, 0.2) is 23.9 Å². The Hall–Kier alpha value is -3.94. The Balaban J connectivity index is 1.37. The second-order valence-electron chi connectivity index (χ2n) is 8.71. The highest BCUT2D eigenvalue weighted by Crippen LogP contribution is 2.37. The number of nitrogens with zero attached hydrogens (tertiary/aromatic N) is 1. The molecule has 174 valence electrons. The second-order valence-corrected chi connectivity index (χ2v) is 8.71. The maximum Gasteiger partial charge on any atom is 0.339 e. The molecule has 0 bridgehead atoms. The van der Waals surface area contributed by atoms with Crippen LogP contribution in [0.15, 0.2) is 36.4 Å². The number of para-hydroxylation sites is 1. The van der Waals surface area contributed by atoms with Gasteiger partial charge in [-0.25, -0.2) is 4.79 Å². The minimum Gasteiger partial charge on any atom is -0.454 e. The van der Waals surface area contributed by atoms with E-state index in [-0.39, 0.29) is 23.8 Å². The molecule has 1 atom stereocenters. The van der Waals surface area contributed by atoms with Crippen molar-refractivity contribution >= 4 is 34.3 Å². The van der Waals surface area contributed by atoms with Gasteiger partial charge in [-0.05, 0) is 49.8 Å². The van der Waals surface area contributed by atoms with Crippen LogP contribution in [0.2, 0.25) is 0 Å². The molecule has 2 heterocycles. The number of anilines is 1. The zero-order valence-electron chi connectivity index (χ0n) is 19.0. The van der Waals surface area contributed by atoms with Gasteiger partial charge in [0.05, 0.1) is 16.8 Å². The third-order valence-electron chi connectivity index (χ3n) is 6.21. The number of carbonyl (C=O) groups excluding carboxylic acids is 3. The van der Waals surface area contributed by atoms with E-state index in [0.29, 0.717) is 23.0 Å². The van der Waals surface area contributed by atoms with Crippen LogP contribution in [0.3, 0.4) is 0 Å². The maximum atomic E-state index is 13.2. The van der Waals surface area contributed by atoms with Crippen molar-refractivity contribution in [3.63, 3.8) is 0 Å². The van der Waals surface area contributed by atoms with E-state index in [4.69, 9.17) is 19.2 Å². The number of amides is 1. The molecule has 34 heavy (non-hydrogen) atoms. The van der Waals surface area contributed by atoms with Crippen molar-refractivity contribution in [3.05, 3.63) is 58.8 Å². The third kappa shape index (κ3) is 4.07. The van der Waals surface area contributed by atoms with Gasteiger partial charge in [0.25, 0.3) is 5.91 Å². The van der Waals surface area contributed by atoms with Crippen LogP contribution < -0.4 is 14.8 Å². The minimum atomic E-state index is -0.560. The van der Waals surface area contributed by atoms with Crippen LogP contribution >= 0.6 is 0 Å². The summed E-state index contributed by atoms with van der Waals surface area (Å²) < 4.78 is 16.1. The SMILES string of the molecule is CC(=O)c1cc2c(cc1NC(=O)COC(=O)c1c3c(nc4ccccc14)CC[C@H](C)C3)OCO2. The molecule has 5 rings (SSSR count). The van der Waals surface area contributed by atoms with Gasteiger partial charge in [0.2, 0.25) is 6.79 Å². The number of hydrogen-bond acceptors (Lipinski definition) is 7. The van der Waals surface area contributed by atoms with E-state index in [1.165, 1.54) is 19.1 Å². The highest BCUT2D eigenvalue weighted by atomic mass is 16.7.